The third kappa shape index (κ3) is 73.1. The Hall–Kier alpha value is 3.05. The molecule has 0 saturated carbocycles. The molecule has 12 aliphatic heterocycles. The van der Waals surface area contributed by atoms with Crippen LogP contribution in [0.15, 0.2) is 0 Å². The monoisotopic (exact) mass is 1030 g/mol. The van der Waals surface area contributed by atoms with Crippen LogP contribution in [0.3, 0.4) is 0 Å². The van der Waals surface area contributed by atoms with Gasteiger partial charge in [-0.05, 0) is 77.0 Å². The van der Waals surface area contributed by atoms with Crippen molar-refractivity contribution >= 4 is 46.1 Å². The van der Waals surface area contributed by atoms with Gasteiger partial charge < -0.3 is 60.3 Å². The fraction of sp³-hybridized carbons (Fsp3) is 1.00. The van der Waals surface area contributed by atoms with Crippen molar-refractivity contribution in [1.82, 2.24) is 0 Å². The van der Waals surface area contributed by atoms with Gasteiger partial charge in [0.15, 0.2) is 0 Å². The molecule has 0 aliphatic carbocycles. The van der Waals surface area contributed by atoms with Crippen LogP contribution in [0, 0.1) is 0 Å². The minimum atomic E-state index is 0. The topological polar surface area (TPSA) is 140 Å². The minimum absolute atomic E-state index is 0. The standard InChI is InChI=1S/6C5H10N.6C4H8O.2Mg.2Na/c6*1-2-4-6-5-3-1;6*1-2-4-5-3-1;;;;/h6*1-5H2;6*1-4H2;;;;/q6*-1;;;;;;;2*+2;2*+1. The van der Waals surface area contributed by atoms with E-state index in [0.29, 0.717) is 0 Å². The Morgan fingerprint density at radius 1 is 0.143 bits per heavy atom. The number of nitrogens with zero attached hydrogens (tertiary/aromatic N) is 6. The summed E-state index contributed by atoms with van der Waals surface area (Å²) in [6.45, 7) is 25.5. The summed E-state index contributed by atoms with van der Waals surface area (Å²) >= 11 is 0. The smallest absolute Gasteiger partial charge is 0.662 e. The molecule has 396 valence electrons. The van der Waals surface area contributed by atoms with Crippen LogP contribution in [0.25, 0.3) is 31.9 Å². The number of piperidine rings is 6. The van der Waals surface area contributed by atoms with E-state index in [-0.39, 0.29) is 105 Å². The summed E-state index contributed by atoms with van der Waals surface area (Å²) in [5.74, 6) is 0. The predicted octanol–water partition coefficient (Wildman–Crippen LogP) is 7.29. The molecule has 12 fully saturated rings. The van der Waals surface area contributed by atoms with Gasteiger partial charge in [0.2, 0.25) is 0 Å². The Labute approximate surface area is 510 Å². The second kappa shape index (κ2) is 76.3. The maximum absolute atomic E-state index is 4.94. The van der Waals surface area contributed by atoms with Crippen molar-refractivity contribution in [3.05, 3.63) is 31.9 Å². The van der Waals surface area contributed by atoms with Crippen molar-refractivity contribution in [1.29, 1.82) is 0 Å². The molecule has 12 heterocycles. The number of hydrogen-bond donors (Lipinski definition) is 0. The van der Waals surface area contributed by atoms with Crippen molar-refractivity contribution in [3.63, 3.8) is 0 Å². The molecule has 70 heavy (non-hydrogen) atoms. The van der Waals surface area contributed by atoms with Gasteiger partial charge in [-0.1, -0.05) is 116 Å². The van der Waals surface area contributed by atoms with Crippen LogP contribution in [0.5, 0.6) is 0 Å². The Kier molecular flexibility index (Phi) is 86.7. The zero-order valence-corrected chi connectivity index (χ0v) is 53.6. The van der Waals surface area contributed by atoms with Gasteiger partial charge in [0.25, 0.3) is 0 Å². The molecule has 0 amide bonds. The van der Waals surface area contributed by atoms with E-state index in [0.717, 1.165) is 158 Å². The van der Waals surface area contributed by atoms with E-state index in [1.165, 1.54) is 193 Å². The van der Waals surface area contributed by atoms with Crippen LogP contribution in [0.2, 0.25) is 0 Å². The molecule has 0 bridgehead atoms. The molecule has 12 rings (SSSR count). The summed E-state index contributed by atoms with van der Waals surface area (Å²) in [4.78, 5) is 0. The van der Waals surface area contributed by atoms with E-state index < -0.39 is 0 Å². The Morgan fingerprint density at radius 2 is 0.243 bits per heavy atom. The molecule has 0 spiro atoms. The van der Waals surface area contributed by atoms with E-state index >= 15 is 0 Å². The summed E-state index contributed by atoms with van der Waals surface area (Å²) < 4.78 is 29.7. The predicted molar refractivity (Wildman–Crippen MR) is 293 cm³/mol. The average Bonchev–Trinajstić information content (AvgIpc) is 4.29. The summed E-state index contributed by atoms with van der Waals surface area (Å²) in [5, 5.41) is 25.1. The molecule has 0 aromatic carbocycles. The molecular formula is C54H108Mg2N6Na2O6. The summed E-state index contributed by atoms with van der Waals surface area (Å²) in [5.41, 5.74) is 0. The average molecular weight is 1030 g/mol. The van der Waals surface area contributed by atoms with Crippen molar-refractivity contribution in [3.8, 4) is 0 Å². The molecule has 0 atom stereocenters. The second-order valence-electron chi connectivity index (χ2n) is 18.3. The molecule has 12 aliphatic rings. The molecule has 0 radical (unpaired) electrons. The fourth-order valence-corrected chi connectivity index (χ4v) is 7.48. The van der Waals surface area contributed by atoms with Crippen LogP contribution >= 0.6 is 0 Å². The first kappa shape index (κ1) is 79.5. The third-order valence-electron chi connectivity index (χ3n) is 11.8. The van der Waals surface area contributed by atoms with Crippen molar-refractivity contribution in [2.45, 2.75) is 193 Å². The van der Waals surface area contributed by atoms with Crippen LogP contribution in [-0.4, -0.2) is 204 Å². The fourth-order valence-electron chi connectivity index (χ4n) is 7.48. The zero-order valence-electron chi connectivity index (χ0n) is 46.7. The summed E-state index contributed by atoms with van der Waals surface area (Å²) in [7, 11) is 0. The molecule has 12 saturated heterocycles. The van der Waals surface area contributed by atoms with Crippen LogP contribution in [0.1, 0.15) is 193 Å². The Bertz CT molecular complexity index is 548. The Morgan fingerprint density at radius 3 is 0.271 bits per heavy atom. The summed E-state index contributed by atoms with van der Waals surface area (Å²) in [6.07, 6.45) is 39.8. The van der Waals surface area contributed by atoms with Crippen molar-refractivity contribution in [2.24, 2.45) is 0 Å². The molecule has 0 aromatic heterocycles. The number of hydrogen-bond acceptors (Lipinski definition) is 6. The number of rotatable bonds is 0. The molecular weight excluding hydrogens is 923 g/mol. The maximum Gasteiger partial charge on any atom is 2.00 e. The van der Waals surface area contributed by atoms with Gasteiger partial charge in [0, 0.05) is 79.3 Å². The minimum Gasteiger partial charge on any atom is -0.662 e. The summed E-state index contributed by atoms with van der Waals surface area (Å²) in [6, 6.07) is 0. The largest absolute Gasteiger partial charge is 2.00 e. The van der Waals surface area contributed by atoms with E-state index in [4.69, 9.17) is 28.4 Å². The van der Waals surface area contributed by atoms with Crippen LogP contribution in [-0.2, 0) is 28.4 Å². The van der Waals surface area contributed by atoms with E-state index in [9.17, 15) is 0 Å². The second-order valence-corrected chi connectivity index (χ2v) is 18.3. The van der Waals surface area contributed by atoms with E-state index in [1.54, 1.807) is 0 Å². The molecule has 0 aromatic rings. The Balaban J connectivity index is -0.000000338. The van der Waals surface area contributed by atoms with Gasteiger partial charge in [-0.15, -0.1) is 78.5 Å². The van der Waals surface area contributed by atoms with E-state index in [1.807, 2.05) is 0 Å². The van der Waals surface area contributed by atoms with Crippen LogP contribution in [0.4, 0.5) is 0 Å². The molecule has 0 unspecified atom stereocenters. The normalized spacial score (nSPS) is 22.6. The van der Waals surface area contributed by atoms with Gasteiger partial charge in [0.05, 0.1) is 0 Å². The van der Waals surface area contributed by atoms with Crippen LogP contribution < -0.4 is 59.1 Å². The zero-order chi connectivity index (χ0) is 46.7. The van der Waals surface area contributed by atoms with Crippen molar-refractivity contribution < 1.29 is 87.5 Å². The molecule has 0 N–H and O–H groups in total. The van der Waals surface area contributed by atoms with Gasteiger partial charge in [-0.25, -0.2) is 0 Å². The first-order valence-electron chi connectivity index (χ1n) is 28.3. The first-order chi connectivity index (χ1) is 33.0. The first-order valence-corrected chi connectivity index (χ1v) is 28.3. The SMILES string of the molecule is C1CCOC1.C1CCOC1.C1CCOC1.C1CCOC1.C1CCOC1.C1CCOC1.C1CC[N-]CC1.C1CC[N-]CC1.C1CC[N-]CC1.C1CC[N-]CC1.C1CC[N-]CC1.C1CC[N-]CC1.[Mg+2].[Mg+2].[Na+].[Na+]. The van der Waals surface area contributed by atoms with Gasteiger partial charge in [-0.2, -0.15) is 0 Å². The van der Waals surface area contributed by atoms with Gasteiger partial charge in [-0.3, -0.25) is 0 Å². The number of ether oxygens (including phenoxy) is 6. The van der Waals surface area contributed by atoms with Crippen molar-refractivity contribution in [2.75, 3.05) is 158 Å². The molecule has 16 heteroatoms. The maximum atomic E-state index is 4.94. The van der Waals surface area contributed by atoms with Gasteiger partial charge in [0.1, 0.15) is 0 Å². The van der Waals surface area contributed by atoms with E-state index in [2.05, 4.69) is 31.9 Å². The quantitative estimate of drug-likeness (QED) is 0.234. The van der Waals surface area contributed by atoms with Gasteiger partial charge >= 0.3 is 105 Å². The molecule has 12 nitrogen and oxygen atoms in total. The third-order valence-corrected chi connectivity index (χ3v) is 11.8.